The van der Waals surface area contributed by atoms with Gasteiger partial charge in [-0.1, -0.05) is 11.6 Å². The summed E-state index contributed by atoms with van der Waals surface area (Å²) in [5.41, 5.74) is 1.70. The maximum Gasteiger partial charge on any atom is 0.223 e. The first-order valence-electron chi connectivity index (χ1n) is 8.21. The number of ketones is 1. The van der Waals surface area contributed by atoms with E-state index in [2.05, 4.69) is 25.3 Å². The van der Waals surface area contributed by atoms with Gasteiger partial charge in [0.05, 0.1) is 22.7 Å². The van der Waals surface area contributed by atoms with Crippen molar-refractivity contribution >= 4 is 23.3 Å². The molecule has 8 heteroatoms. The topological polar surface area (TPSA) is 104 Å². The van der Waals surface area contributed by atoms with E-state index in [-0.39, 0.29) is 11.3 Å². The van der Waals surface area contributed by atoms with Gasteiger partial charge >= 0.3 is 0 Å². The van der Waals surface area contributed by atoms with Crippen LogP contribution in [-0.4, -0.2) is 25.7 Å². The Morgan fingerprint density at radius 3 is 2.41 bits per heavy atom. The summed E-state index contributed by atoms with van der Waals surface area (Å²) in [4.78, 5) is 29.2. The second-order valence-corrected chi connectivity index (χ2v) is 6.74. The van der Waals surface area contributed by atoms with Crippen LogP contribution in [-0.2, 0) is 5.54 Å². The van der Waals surface area contributed by atoms with Gasteiger partial charge in [-0.05, 0) is 31.0 Å². The van der Waals surface area contributed by atoms with E-state index in [0.29, 0.717) is 27.7 Å². The first-order valence-corrected chi connectivity index (χ1v) is 8.58. The number of nitriles is 1. The van der Waals surface area contributed by atoms with Crippen LogP contribution in [0.4, 0.5) is 5.95 Å². The molecular formula is C19H13ClN6O. The number of hydrogen-bond acceptors (Lipinski definition) is 7. The van der Waals surface area contributed by atoms with Crippen molar-refractivity contribution < 1.29 is 4.79 Å². The van der Waals surface area contributed by atoms with Gasteiger partial charge in [-0.2, -0.15) is 5.26 Å². The predicted molar refractivity (Wildman–Crippen MR) is 98.2 cm³/mol. The Hall–Kier alpha value is -3.37. The van der Waals surface area contributed by atoms with Crippen molar-refractivity contribution in [2.45, 2.75) is 18.4 Å². The van der Waals surface area contributed by atoms with E-state index in [0.717, 1.165) is 18.4 Å². The number of carbonyl (C=O) groups excluding carboxylic acids is 1. The summed E-state index contributed by atoms with van der Waals surface area (Å²) >= 11 is 5.97. The Labute approximate surface area is 160 Å². The number of hydrogen-bond donors (Lipinski definition) is 1. The van der Waals surface area contributed by atoms with Crippen LogP contribution in [0.25, 0.3) is 0 Å². The molecule has 0 amide bonds. The number of nitrogens with one attached hydrogen (secondary N) is 1. The van der Waals surface area contributed by atoms with E-state index in [1.165, 1.54) is 36.9 Å². The predicted octanol–water partition coefficient (Wildman–Crippen LogP) is 3.12. The van der Waals surface area contributed by atoms with Crippen molar-refractivity contribution in [3.05, 3.63) is 76.6 Å². The minimum Gasteiger partial charge on any atom is -0.345 e. The fourth-order valence-electron chi connectivity index (χ4n) is 2.83. The average molecular weight is 377 g/mol. The molecule has 0 bridgehead atoms. The highest BCUT2D eigenvalue weighted by Crippen LogP contribution is 2.47. The van der Waals surface area contributed by atoms with Gasteiger partial charge in [0, 0.05) is 40.9 Å². The first kappa shape index (κ1) is 17.1. The third kappa shape index (κ3) is 3.48. The summed E-state index contributed by atoms with van der Waals surface area (Å²) in [6, 6.07) is 6.50. The largest absolute Gasteiger partial charge is 0.345 e. The minimum atomic E-state index is -0.293. The first-order chi connectivity index (χ1) is 13.1. The number of benzene rings is 1. The van der Waals surface area contributed by atoms with Crippen LogP contribution in [0.2, 0.25) is 5.02 Å². The van der Waals surface area contributed by atoms with Gasteiger partial charge < -0.3 is 5.32 Å². The molecule has 2 aromatic heterocycles. The molecule has 3 aromatic rings. The standard InChI is InChI=1S/C19H13ClN6O/c20-16-4-12(6-21)3-13(5-16)17(27)14-7-24-18(25-8-14)26-19(1-2-19)15-9-22-11-23-10-15/h3-5,7-11H,1-2H2,(H,24,25,26). The number of aromatic nitrogens is 4. The molecular weight excluding hydrogens is 364 g/mol. The lowest BCUT2D eigenvalue weighted by Gasteiger charge is -2.16. The number of halogens is 1. The Morgan fingerprint density at radius 1 is 1.07 bits per heavy atom. The van der Waals surface area contributed by atoms with Crippen LogP contribution < -0.4 is 5.32 Å². The molecule has 1 aliphatic rings. The molecule has 1 aliphatic carbocycles. The van der Waals surface area contributed by atoms with Crippen LogP contribution in [0.5, 0.6) is 0 Å². The van der Waals surface area contributed by atoms with Crippen molar-refractivity contribution in [1.82, 2.24) is 19.9 Å². The van der Waals surface area contributed by atoms with Gasteiger partial charge in [0.1, 0.15) is 6.33 Å². The number of nitrogens with zero attached hydrogens (tertiary/aromatic N) is 5. The molecule has 0 spiro atoms. The molecule has 132 valence electrons. The lowest BCUT2D eigenvalue weighted by molar-refractivity contribution is 0.103. The molecule has 0 radical (unpaired) electrons. The Kier molecular flexibility index (Phi) is 4.26. The van der Waals surface area contributed by atoms with E-state index in [9.17, 15) is 4.79 Å². The molecule has 1 aromatic carbocycles. The maximum absolute atomic E-state index is 12.6. The number of rotatable bonds is 5. The summed E-state index contributed by atoms with van der Waals surface area (Å²) < 4.78 is 0. The van der Waals surface area contributed by atoms with E-state index in [1.807, 2.05) is 6.07 Å². The molecule has 0 atom stereocenters. The lowest BCUT2D eigenvalue weighted by atomic mass is 10.0. The summed E-state index contributed by atoms with van der Waals surface area (Å²) in [5, 5.41) is 12.7. The van der Waals surface area contributed by atoms with Crippen LogP contribution in [0.15, 0.2) is 49.3 Å². The highest BCUT2D eigenvalue weighted by molar-refractivity contribution is 6.31. The van der Waals surface area contributed by atoms with Crippen molar-refractivity contribution in [2.24, 2.45) is 0 Å². The van der Waals surface area contributed by atoms with Gasteiger partial charge in [0.25, 0.3) is 0 Å². The maximum atomic E-state index is 12.6. The van der Waals surface area contributed by atoms with Gasteiger partial charge in [-0.15, -0.1) is 0 Å². The lowest BCUT2D eigenvalue weighted by Crippen LogP contribution is -2.21. The summed E-state index contributed by atoms with van der Waals surface area (Å²) in [6.45, 7) is 0. The number of carbonyl (C=O) groups is 1. The van der Waals surface area contributed by atoms with Crippen LogP contribution in [0.1, 0.15) is 39.9 Å². The van der Waals surface area contributed by atoms with Crippen LogP contribution in [0.3, 0.4) is 0 Å². The second-order valence-electron chi connectivity index (χ2n) is 6.30. The molecule has 0 aliphatic heterocycles. The zero-order valence-electron chi connectivity index (χ0n) is 14.1. The third-order valence-electron chi connectivity index (χ3n) is 4.42. The summed E-state index contributed by atoms with van der Waals surface area (Å²) in [5.74, 6) is 0.134. The zero-order valence-corrected chi connectivity index (χ0v) is 14.8. The summed E-state index contributed by atoms with van der Waals surface area (Å²) in [6.07, 6.45) is 9.83. The molecule has 1 fully saturated rings. The number of anilines is 1. The third-order valence-corrected chi connectivity index (χ3v) is 4.64. The Bertz CT molecular complexity index is 1040. The van der Waals surface area contributed by atoms with Crippen LogP contribution >= 0.6 is 11.6 Å². The van der Waals surface area contributed by atoms with E-state index < -0.39 is 0 Å². The normalized spacial score (nSPS) is 14.2. The van der Waals surface area contributed by atoms with Crippen molar-refractivity contribution in [1.29, 1.82) is 5.26 Å². The highest BCUT2D eigenvalue weighted by Gasteiger charge is 2.45. The quantitative estimate of drug-likeness (QED) is 0.682. The Balaban J connectivity index is 1.54. The fourth-order valence-corrected chi connectivity index (χ4v) is 3.07. The van der Waals surface area contributed by atoms with Crippen molar-refractivity contribution in [2.75, 3.05) is 5.32 Å². The molecule has 4 rings (SSSR count). The smallest absolute Gasteiger partial charge is 0.223 e. The van der Waals surface area contributed by atoms with Gasteiger partial charge in [0.15, 0.2) is 5.78 Å². The Morgan fingerprint density at radius 2 is 1.78 bits per heavy atom. The zero-order chi connectivity index (χ0) is 18.9. The second kappa shape index (κ2) is 6.74. The van der Waals surface area contributed by atoms with Gasteiger partial charge in [-0.25, -0.2) is 19.9 Å². The van der Waals surface area contributed by atoms with Gasteiger partial charge in [-0.3, -0.25) is 4.79 Å². The molecule has 2 heterocycles. The molecule has 1 N–H and O–H groups in total. The molecule has 1 saturated carbocycles. The molecule has 0 saturated heterocycles. The minimum absolute atomic E-state index is 0.249. The van der Waals surface area contributed by atoms with Gasteiger partial charge in [0.2, 0.25) is 5.95 Å². The summed E-state index contributed by atoms with van der Waals surface area (Å²) in [7, 11) is 0. The average Bonchev–Trinajstić information content (AvgIpc) is 3.49. The van der Waals surface area contributed by atoms with Crippen molar-refractivity contribution in [3.63, 3.8) is 0 Å². The van der Waals surface area contributed by atoms with E-state index in [4.69, 9.17) is 16.9 Å². The highest BCUT2D eigenvalue weighted by atomic mass is 35.5. The van der Waals surface area contributed by atoms with Crippen molar-refractivity contribution in [3.8, 4) is 6.07 Å². The van der Waals surface area contributed by atoms with E-state index in [1.54, 1.807) is 12.4 Å². The SMILES string of the molecule is N#Cc1cc(Cl)cc(C(=O)c2cnc(NC3(c4cncnc4)CC3)nc2)c1. The molecule has 27 heavy (non-hydrogen) atoms. The fraction of sp³-hybridized carbons (Fsp3) is 0.158. The molecule has 7 nitrogen and oxygen atoms in total. The van der Waals surface area contributed by atoms with E-state index >= 15 is 0 Å². The molecule has 0 unspecified atom stereocenters. The van der Waals surface area contributed by atoms with Crippen LogP contribution in [0, 0.1) is 11.3 Å². The monoisotopic (exact) mass is 376 g/mol.